The highest BCUT2D eigenvalue weighted by Gasteiger charge is 2.16. The number of piperidine rings is 1. The van der Waals surface area contributed by atoms with Gasteiger partial charge in [0, 0.05) is 11.9 Å². The van der Waals surface area contributed by atoms with Crippen molar-refractivity contribution in [3.8, 4) is 5.75 Å². The van der Waals surface area contributed by atoms with Gasteiger partial charge < -0.3 is 25.7 Å². The highest BCUT2D eigenvalue weighted by atomic mass is 16.5. The molecule has 0 saturated carbocycles. The summed E-state index contributed by atoms with van der Waals surface area (Å²) in [4.78, 5) is 20.4. The van der Waals surface area contributed by atoms with Crippen molar-refractivity contribution in [1.82, 2.24) is 15.3 Å². The number of nitrogens with zero attached hydrogens (tertiary/aromatic N) is 1. The monoisotopic (exact) mass is 497 g/mol. The van der Waals surface area contributed by atoms with E-state index in [1.807, 2.05) is 36.4 Å². The van der Waals surface area contributed by atoms with E-state index in [2.05, 4.69) is 59.0 Å². The van der Waals surface area contributed by atoms with Crippen molar-refractivity contribution in [1.29, 1.82) is 0 Å². The van der Waals surface area contributed by atoms with E-state index in [9.17, 15) is 4.79 Å². The van der Waals surface area contributed by atoms with Gasteiger partial charge in [-0.2, -0.15) is 0 Å². The summed E-state index contributed by atoms with van der Waals surface area (Å²) in [6.45, 7) is 7.13. The molecule has 0 atom stereocenters. The summed E-state index contributed by atoms with van der Waals surface area (Å²) < 4.78 is 6.05. The Morgan fingerprint density at radius 3 is 2.59 bits per heavy atom. The summed E-state index contributed by atoms with van der Waals surface area (Å²) >= 11 is 0. The number of aromatic amines is 1. The van der Waals surface area contributed by atoms with Gasteiger partial charge in [-0.05, 0) is 91.5 Å². The highest BCUT2D eigenvalue weighted by molar-refractivity contribution is 5.95. The Bertz CT molecular complexity index is 1390. The van der Waals surface area contributed by atoms with Crippen LogP contribution in [-0.2, 0) is 0 Å². The molecule has 1 fully saturated rings. The molecule has 0 spiro atoms. The summed E-state index contributed by atoms with van der Waals surface area (Å²) in [5, 5.41) is 11.5. The van der Waals surface area contributed by atoms with Crippen molar-refractivity contribution in [3.05, 3.63) is 82.8 Å². The maximum Gasteiger partial charge on any atom is 0.259 e. The van der Waals surface area contributed by atoms with Gasteiger partial charge in [0.25, 0.3) is 5.56 Å². The van der Waals surface area contributed by atoms with E-state index in [0.29, 0.717) is 35.5 Å². The molecule has 1 aliphatic heterocycles. The number of aromatic nitrogens is 2. The van der Waals surface area contributed by atoms with Crippen molar-refractivity contribution in [2.45, 2.75) is 39.0 Å². The number of fused-ring (bicyclic) bond motifs is 1. The Morgan fingerprint density at radius 2 is 1.81 bits per heavy atom. The van der Waals surface area contributed by atoms with Gasteiger partial charge in [-0.25, -0.2) is 4.98 Å². The smallest absolute Gasteiger partial charge is 0.259 e. The molecule has 7 heteroatoms. The Balaban J connectivity index is 1.42. The number of nitrogens with one attached hydrogen (secondary N) is 4. The molecule has 5 rings (SSSR count). The average molecular weight is 498 g/mol. The first kappa shape index (κ1) is 24.8. The summed E-state index contributed by atoms with van der Waals surface area (Å²) in [7, 11) is 0. The zero-order chi connectivity index (χ0) is 25.6. The molecule has 0 amide bonds. The summed E-state index contributed by atoms with van der Waals surface area (Å²) in [5.74, 6) is 3.04. The lowest BCUT2D eigenvalue weighted by Gasteiger charge is -2.23. The van der Waals surface area contributed by atoms with E-state index < -0.39 is 0 Å². The van der Waals surface area contributed by atoms with Crippen molar-refractivity contribution in [2.24, 2.45) is 5.92 Å². The van der Waals surface area contributed by atoms with Crippen LogP contribution in [0.15, 0.2) is 71.7 Å². The van der Waals surface area contributed by atoms with Gasteiger partial charge in [-0.15, -0.1) is 0 Å². The first-order chi connectivity index (χ1) is 18.1. The van der Waals surface area contributed by atoms with Crippen molar-refractivity contribution < 1.29 is 4.74 Å². The van der Waals surface area contributed by atoms with Crippen LogP contribution in [0.3, 0.4) is 0 Å². The molecule has 3 heterocycles. The van der Waals surface area contributed by atoms with Gasteiger partial charge in [-0.1, -0.05) is 38.1 Å². The normalized spacial score (nSPS) is 14.1. The molecule has 0 aliphatic carbocycles. The van der Waals surface area contributed by atoms with E-state index in [1.54, 1.807) is 6.20 Å². The number of ether oxygens (including phenoxy) is 1. The first-order valence-electron chi connectivity index (χ1n) is 13.2. The molecule has 2 aromatic carbocycles. The minimum atomic E-state index is -0.191. The molecule has 192 valence electrons. The molecule has 1 saturated heterocycles. The van der Waals surface area contributed by atoms with E-state index in [4.69, 9.17) is 9.72 Å². The van der Waals surface area contributed by atoms with Gasteiger partial charge in [0.1, 0.15) is 17.4 Å². The van der Waals surface area contributed by atoms with Crippen LogP contribution < -0.4 is 26.2 Å². The third kappa shape index (κ3) is 6.12. The molecule has 7 nitrogen and oxygen atoms in total. The second-order valence-corrected chi connectivity index (χ2v) is 10.1. The molecule has 4 aromatic rings. The zero-order valence-electron chi connectivity index (χ0n) is 21.5. The topological polar surface area (TPSA) is 91.1 Å². The Morgan fingerprint density at radius 1 is 1.03 bits per heavy atom. The van der Waals surface area contributed by atoms with Crippen molar-refractivity contribution >= 4 is 33.8 Å². The van der Waals surface area contributed by atoms with Crippen LogP contribution >= 0.6 is 0 Å². The predicted octanol–water partition coefficient (Wildman–Crippen LogP) is 6.30. The maximum atomic E-state index is 12.8. The highest BCUT2D eigenvalue weighted by Crippen LogP contribution is 2.32. The molecule has 1 aliphatic rings. The van der Waals surface area contributed by atoms with Gasteiger partial charge in [0.05, 0.1) is 17.7 Å². The Hall–Kier alpha value is -3.84. The molecule has 37 heavy (non-hydrogen) atoms. The number of anilines is 4. The van der Waals surface area contributed by atoms with Crippen molar-refractivity contribution in [3.63, 3.8) is 0 Å². The SMILES string of the molecule is CC(C)CCOc1ccccc1Nc1nc(Nc2ccc(C3CCNCC3)cc2)cc2cc[nH]c(=O)c12. The fourth-order valence-corrected chi connectivity index (χ4v) is 4.74. The molecule has 0 unspecified atom stereocenters. The van der Waals surface area contributed by atoms with E-state index in [-0.39, 0.29) is 5.56 Å². The number of H-pyrrole nitrogens is 1. The van der Waals surface area contributed by atoms with Gasteiger partial charge in [0.15, 0.2) is 0 Å². The number of hydrogen-bond acceptors (Lipinski definition) is 6. The van der Waals surface area contributed by atoms with Crippen LogP contribution in [0.5, 0.6) is 5.75 Å². The molecule has 0 bridgehead atoms. The minimum Gasteiger partial charge on any atom is -0.491 e. The van der Waals surface area contributed by atoms with Gasteiger partial charge >= 0.3 is 0 Å². The number of hydrogen-bond donors (Lipinski definition) is 4. The number of benzene rings is 2. The van der Waals surface area contributed by atoms with E-state index >= 15 is 0 Å². The second kappa shape index (κ2) is 11.5. The van der Waals surface area contributed by atoms with Crippen LogP contribution in [0, 0.1) is 5.92 Å². The third-order valence-electron chi connectivity index (χ3n) is 6.84. The van der Waals surface area contributed by atoms with Crippen LogP contribution in [0.25, 0.3) is 10.8 Å². The minimum absolute atomic E-state index is 0.191. The van der Waals surface area contributed by atoms with Crippen LogP contribution in [-0.4, -0.2) is 29.7 Å². The molecular formula is C30H35N5O2. The Labute approximate surface area is 217 Å². The number of pyridine rings is 2. The second-order valence-electron chi connectivity index (χ2n) is 10.1. The van der Waals surface area contributed by atoms with Gasteiger partial charge in [0.2, 0.25) is 0 Å². The number of para-hydroxylation sites is 2. The van der Waals surface area contributed by atoms with Crippen molar-refractivity contribution in [2.75, 3.05) is 30.3 Å². The predicted molar refractivity (Wildman–Crippen MR) is 152 cm³/mol. The molecule has 2 aromatic heterocycles. The quantitative estimate of drug-likeness (QED) is 0.217. The van der Waals surface area contributed by atoms with E-state index in [0.717, 1.165) is 42.0 Å². The lowest BCUT2D eigenvalue weighted by molar-refractivity contribution is 0.291. The fraction of sp³-hybridized carbons (Fsp3) is 0.333. The molecule has 4 N–H and O–H groups in total. The largest absolute Gasteiger partial charge is 0.491 e. The standard InChI is InChI=1S/C30H35N5O2/c1-20(2)14-18-37-26-6-4-3-5-25(26)34-29-28-23(13-17-32-30(28)36)19-27(35-29)33-24-9-7-21(8-10-24)22-11-15-31-16-12-22/h3-10,13,17,19-20,22,31H,11-12,14-16,18H2,1-2H3,(H,32,36)(H2,33,34,35). The van der Waals surface area contributed by atoms with Crippen LogP contribution in [0.2, 0.25) is 0 Å². The first-order valence-corrected chi connectivity index (χ1v) is 13.2. The van der Waals surface area contributed by atoms with Crippen LogP contribution in [0.1, 0.15) is 44.6 Å². The van der Waals surface area contributed by atoms with Gasteiger partial charge in [-0.3, -0.25) is 4.79 Å². The Kier molecular flexibility index (Phi) is 7.70. The molecular weight excluding hydrogens is 462 g/mol. The summed E-state index contributed by atoms with van der Waals surface area (Å²) in [6, 6.07) is 20.2. The zero-order valence-corrected chi connectivity index (χ0v) is 21.5. The third-order valence-corrected chi connectivity index (χ3v) is 6.84. The summed E-state index contributed by atoms with van der Waals surface area (Å²) in [6.07, 6.45) is 4.97. The molecule has 0 radical (unpaired) electrons. The summed E-state index contributed by atoms with van der Waals surface area (Å²) in [5.41, 5.74) is 2.91. The fourth-order valence-electron chi connectivity index (χ4n) is 4.74. The van der Waals surface area contributed by atoms with Crippen LogP contribution in [0.4, 0.5) is 23.0 Å². The lowest BCUT2D eigenvalue weighted by Crippen LogP contribution is -2.26. The maximum absolute atomic E-state index is 12.8. The van der Waals surface area contributed by atoms with E-state index in [1.165, 1.54) is 18.4 Å². The number of rotatable bonds is 9. The average Bonchev–Trinajstić information content (AvgIpc) is 2.90. The lowest BCUT2D eigenvalue weighted by atomic mass is 9.90.